The number of halogens is 1. The van der Waals surface area contributed by atoms with Crippen molar-refractivity contribution in [2.24, 2.45) is 0 Å². The van der Waals surface area contributed by atoms with Crippen molar-refractivity contribution in [3.05, 3.63) is 35.6 Å². The molecule has 1 aliphatic heterocycles. The number of nitrogens with zero attached hydrogens (tertiary/aromatic N) is 3. The van der Waals surface area contributed by atoms with E-state index in [1.807, 2.05) is 0 Å². The molecule has 1 aromatic heterocycles. The van der Waals surface area contributed by atoms with Gasteiger partial charge in [-0.15, -0.1) is 5.10 Å². The van der Waals surface area contributed by atoms with Crippen molar-refractivity contribution in [2.45, 2.75) is 6.04 Å². The Kier molecular flexibility index (Phi) is 4.68. The van der Waals surface area contributed by atoms with Gasteiger partial charge in [-0.2, -0.15) is 0 Å². The Balaban J connectivity index is 1.74. The third kappa shape index (κ3) is 3.57. The first-order valence-electron chi connectivity index (χ1n) is 6.95. The molecule has 1 N–H and O–H groups in total. The van der Waals surface area contributed by atoms with Crippen LogP contribution in [-0.4, -0.2) is 48.0 Å². The summed E-state index contributed by atoms with van der Waals surface area (Å²) >= 11 is 1.14. The van der Waals surface area contributed by atoms with Crippen LogP contribution in [-0.2, 0) is 4.74 Å². The van der Waals surface area contributed by atoms with Crippen molar-refractivity contribution < 1.29 is 18.7 Å². The monoisotopic (exact) mass is 338 g/mol. The number of aromatic nitrogens is 2. The van der Waals surface area contributed by atoms with Gasteiger partial charge in [-0.1, -0.05) is 17.2 Å². The van der Waals surface area contributed by atoms with Gasteiger partial charge >= 0.3 is 6.03 Å². The standard InChI is InChI=1S/C14H15FN4O3S/c1-21-14-18-17-12(23-14)16-13(20)19-6-7-22-8-11(19)9-2-4-10(15)5-3-9/h2-5,11H,6-8H2,1H3,(H,16,17,20). The lowest BCUT2D eigenvalue weighted by Crippen LogP contribution is -2.45. The molecule has 1 aromatic carbocycles. The molecule has 122 valence electrons. The van der Waals surface area contributed by atoms with Crippen LogP contribution in [0.25, 0.3) is 0 Å². The van der Waals surface area contributed by atoms with Gasteiger partial charge in [0.1, 0.15) is 5.82 Å². The Morgan fingerprint density at radius 3 is 2.91 bits per heavy atom. The zero-order chi connectivity index (χ0) is 16.2. The molecular formula is C14H15FN4O3S. The highest BCUT2D eigenvalue weighted by Gasteiger charge is 2.29. The fourth-order valence-electron chi connectivity index (χ4n) is 2.31. The molecule has 0 saturated carbocycles. The minimum absolute atomic E-state index is 0.279. The molecule has 0 bridgehead atoms. The molecule has 0 radical (unpaired) electrons. The van der Waals surface area contributed by atoms with Gasteiger partial charge in [0.25, 0.3) is 5.19 Å². The lowest BCUT2D eigenvalue weighted by atomic mass is 10.1. The van der Waals surface area contributed by atoms with E-state index in [1.54, 1.807) is 17.0 Å². The zero-order valence-corrected chi connectivity index (χ0v) is 13.2. The molecule has 23 heavy (non-hydrogen) atoms. The molecule has 2 heterocycles. The maximum atomic E-state index is 13.1. The summed E-state index contributed by atoms with van der Waals surface area (Å²) in [5, 5.41) is 11.0. The van der Waals surface area contributed by atoms with E-state index >= 15 is 0 Å². The second kappa shape index (κ2) is 6.88. The number of rotatable bonds is 3. The Labute approximate surface area is 136 Å². The van der Waals surface area contributed by atoms with Crippen molar-refractivity contribution in [3.8, 4) is 5.19 Å². The second-order valence-corrected chi connectivity index (χ2v) is 5.78. The number of urea groups is 1. The van der Waals surface area contributed by atoms with Gasteiger partial charge < -0.3 is 14.4 Å². The molecule has 1 saturated heterocycles. The van der Waals surface area contributed by atoms with E-state index in [1.165, 1.54) is 19.2 Å². The van der Waals surface area contributed by atoms with Crippen LogP contribution in [0.5, 0.6) is 5.19 Å². The van der Waals surface area contributed by atoms with Crippen LogP contribution >= 0.6 is 11.3 Å². The molecule has 3 rings (SSSR count). The van der Waals surface area contributed by atoms with Crippen molar-refractivity contribution in [3.63, 3.8) is 0 Å². The zero-order valence-electron chi connectivity index (χ0n) is 12.4. The van der Waals surface area contributed by atoms with Gasteiger partial charge in [-0.3, -0.25) is 5.32 Å². The average molecular weight is 338 g/mol. The molecule has 9 heteroatoms. The Morgan fingerprint density at radius 1 is 1.43 bits per heavy atom. The van der Waals surface area contributed by atoms with Gasteiger partial charge in [0.2, 0.25) is 5.13 Å². The Hall–Kier alpha value is -2.26. The number of hydrogen-bond acceptors (Lipinski definition) is 6. The fourth-order valence-corrected chi connectivity index (χ4v) is 2.86. The molecule has 1 fully saturated rings. The molecule has 7 nitrogen and oxygen atoms in total. The number of anilines is 1. The van der Waals surface area contributed by atoms with E-state index in [9.17, 15) is 9.18 Å². The Morgan fingerprint density at radius 2 is 2.22 bits per heavy atom. The summed E-state index contributed by atoms with van der Waals surface area (Å²) in [7, 11) is 1.48. The molecule has 2 aromatic rings. The predicted molar refractivity (Wildman–Crippen MR) is 82.1 cm³/mol. The highest BCUT2D eigenvalue weighted by molar-refractivity contribution is 7.17. The summed E-state index contributed by atoms with van der Waals surface area (Å²) in [5.41, 5.74) is 0.816. The number of carbonyl (C=O) groups excluding carboxylic acids is 1. The van der Waals surface area contributed by atoms with Crippen LogP contribution in [0.1, 0.15) is 11.6 Å². The first-order valence-corrected chi connectivity index (χ1v) is 7.77. The Bertz CT molecular complexity index is 679. The summed E-state index contributed by atoms with van der Waals surface area (Å²) < 4.78 is 23.5. The van der Waals surface area contributed by atoms with Gasteiger partial charge in [-0.05, 0) is 29.0 Å². The largest absolute Gasteiger partial charge is 0.472 e. The van der Waals surface area contributed by atoms with E-state index in [-0.39, 0.29) is 17.9 Å². The second-order valence-electron chi connectivity index (χ2n) is 4.84. The van der Waals surface area contributed by atoms with Crippen molar-refractivity contribution in [1.82, 2.24) is 15.1 Å². The lowest BCUT2D eigenvalue weighted by Gasteiger charge is -2.35. The summed E-state index contributed by atoms with van der Waals surface area (Å²) in [6.07, 6.45) is 0. The van der Waals surface area contributed by atoms with E-state index in [0.717, 1.165) is 16.9 Å². The minimum Gasteiger partial charge on any atom is -0.472 e. The molecule has 2 amide bonds. The predicted octanol–water partition coefficient (Wildman–Crippen LogP) is 2.29. The summed E-state index contributed by atoms with van der Waals surface area (Å²) in [5.74, 6) is -0.317. The molecule has 1 unspecified atom stereocenters. The van der Waals surface area contributed by atoms with Gasteiger partial charge in [0.15, 0.2) is 0 Å². The number of benzene rings is 1. The quantitative estimate of drug-likeness (QED) is 0.929. The van der Waals surface area contributed by atoms with Gasteiger partial charge in [-0.25, -0.2) is 9.18 Å². The van der Waals surface area contributed by atoms with Crippen LogP contribution in [0, 0.1) is 5.82 Å². The van der Waals surface area contributed by atoms with Gasteiger partial charge in [0.05, 0.1) is 26.4 Å². The van der Waals surface area contributed by atoms with E-state index < -0.39 is 0 Å². The third-order valence-electron chi connectivity index (χ3n) is 3.44. The number of amides is 2. The van der Waals surface area contributed by atoms with E-state index in [2.05, 4.69) is 15.5 Å². The van der Waals surface area contributed by atoms with Crippen LogP contribution < -0.4 is 10.1 Å². The summed E-state index contributed by atoms with van der Waals surface area (Å²) in [4.78, 5) is 14.1. The number of hydrogen-bond donors (Lipinski definition) is 1. The SMILES string of the molecule is COc1nnc(NC(=O)N2CCOCC2c2ccc(F)cc2)s1. The maximum Gasteiger partial charge on any atom is 0.324 e. The summed E-state index contributed by atoms with van der Waals surface area (Å²) in [6.45, 7) is 1.24. The number of nitrogens with one attached hydrogen (secondary N) is 1. The van der Waals surface area contributed by atoms with Crippen LogP contribution in [0.15, 0.2) is 24.3 Å². The minimum atomic E-state index is -0.317. The molecule has 1 aliphatic rings. The van der Waals surface area contributed by atoms with Gasteiger partial charge in [0, 0.05) is 6.54 Å². The first-order chi connectivity index (χ1) is 11.2. The van der Waals surface area contributed by atoms with Crippen LogP contribution in [0.2, 0.25) is 0 Å². The number of ether oxygens (including phenoxy) is 2. The smallest absolute Gasteiger partial charge is 0.324 e. The summed E-state index contributed by atoms with van der Waals surface area (Å²) in [6, 6.07) is 5.47. The van der Waals surface area contributed by atoms with E-state index in [4.69, 9.17) is 9.47 Å². The van der Waals surface area contributed by atoms with Crippen molar-refractivity contribution in [2.75, 3.05) is 32.2 Å². The molecule has 0 spiro atoms. The maximum absolute atomic E-state index is 13.1. The first kappa shape index (κ1) is 15.6. The highest BCUT2D eigenvalue weighted by atomic mass is 32.1. The topological polar surface area (TPSA) is 76.6 Å². The van der Waals surface area contributed by atoms with Crippen LogP contribution in [0.3, 0.4) is 0 Å². The average Bonchev–Trinajstić information content (AvgIpc) is 3.03. The molecule has 1 atom stereocenters. The number of methoxy groups -OCH3 is 1. The normalized spacial score (nSPS) is 17.8. The highest BCUT2D eigenvalue weighted by Crippen LogP contribution is 2.27. The van der Waals surface area contributed by atoms with Crippen molar-refractivity contribution >= 4 is 22.5 Å². The van der Waals surface area contributed by atoms with E-state index in [0.29, 0.717) is 30.1 Å². The van der Waals surface area contributed by atoms with Crippen LogP contribution in [0.4, 0.5) is 14.3 Å². The third-order valence-corrected chi connectivity index (χ3v) is 4.24. The number of carbonyl (C=O) groups is 1. The van der Waals surface area contributed by atoms with Crippen molar-refractivity contribution in [1.29, 1.82) is 0 Å². The lowest BCUT2D eigenvalue weighted by molar-refractivity contribution is 0.0147. The number of morpholine rings is 1. The molecule has 0 aliphatic carbocycles. The fraction of sp³-hybridized carbons (Fsp3) is 0.357. The molecular weight excluding hydrogens is 323 g/mol.